The van der Waals surface area contributed by atoms with Crippen LogP contribution in [0.15, 0.2) is 12.4 Å². The number of hydrogen-bond donors (Lipinski definition) is 0. The summed E-state index contributed by atoms with van der Waals surface area (Å²) in [6, 6.07) is 0. The van der Waals surface area contributed by atoms with Gasteiger partial charge in [0.1, 0.15) is 17.6 Å². The minimum atomic E-state index is -0.748. The molecule has 0 spiro atoms. The maximum absolute atomic E-state index is 13.8. The molecule has 0 amide bonds. The number of hydrogen-bond acceptors (Lipinski definition) is 4. The predicted molar refractivity (Wildman–Crippen MR) is 61.7 cm³/mol. The molecule has 0 unspecified atom stereocenters. The molecule has 0 saturated carbocycles. The highest BCUT2D eigenvalue weighted by atomic mass is 19.1. The smallest absolute Gasteiger partial charge is 0.168 e. The number of halogens is 2. The first-order chi connectivity index (χ1) is 9.18. The number of aryl methyl sites for hydroxylation is 1. The summed E-state index contributed by atoms with van der Waals surface area (Å²) in [6.45, 7) is 2.27. The SMILES string of the molecule is Cc1nnc([C@@H]2CCCO2)n1-c1c(F)cncc1F. The molecule has 1 atom stereocenters. The van der Waals surface area contributed by atoms with Gasteiger partial charge in [0.05, 0.1) is 12.4 Å². The topological polar surface area (TPSA) is 52.8 Å². The molecule has 19 heavy (non-hydrogen) atoms. The second-order valence-electron chi connectivity index (χ2n) is 4.39. The molecule has 0 bridgehead atoms. The van der Waals surface area contributed by atoms with Gasteiger partial charge in [-0.2, -0.15) is 0 Å². The Morgan fingerprint density at radius 3 is 2.63 bits per heavy atom. The van der Waals surface area contributed by atoms with Gasteiger partial charge in [0.2, 0.25) is 0 Å². The van der Waals surface area contributed by atoms with Gasteiger partial charge >= 0.3 is 0 Å². The summed E-state index contributed by atoms with van der Waals surface area (Å²) in [5, 5.41) is 7.89. The van der Waals surface area contributed by atoms with Gasteiger partial charge in [-0.25, -0.2) is 8.78 Å². The van der Waals surface area contributed by atoms with Gasteiger partial charge < -0.3 is 4.74 Å². The van der Waals surface area contributed by atoms with Crippen LogP contribution in [-0.4, -0.2) is 26.4 Å². The summed E-state index contributed by atoms with van der Waals surface area (Å²) >= 11 is 0. The molecular formula is C12H12F2N4O. The highest BCUT2D eigenvalue weighted by Crippen LogP contribution is 2.30. The van der Waals surface area contributed by atoms with Crippen molar-refractivity contribution in [2.75, 3.05) is 6.61 Å². The van der Waals surface area contributed by atoms with Gasteiger partial charge in [-0.3, -0.25) is 9.55 Å². The quantitative estimate of drug-likeness (QED) is 0.835. The Morgan fingerprint density at radius 2 is 2.00 bits per heavy atom. The van der Waals surface area contributed by atoms with Gasteiger partial charge in [0.25, 0.3) is 0 Å². The highest BCUT2D eigenvalue weighted by molar-refractivity contribution is 5.35. The molecule has 0 aliphatic carbocycles. The average molecular weight is 266 g/mol. The number of rotatable bonds is 2. The molecule has 0 radical (unpaired) electrons. The second kappa shape index (κ2) is 4.65. The van der Waals surface area contributed by atoms with Crippen LogP contribution in [0.1, 0.15) is 30.6 Å². The zero-order valence-corrected chi connectivity index (χ0v) is 10.3. The van der Waals surface area contributed by atoms with E-state index >= 15 is 0 Å². The van der Waals surface area contributed by atoms with Crippen molar-refractivity contribution in [1.82, 2.24) is 19.7 Å². The van der Waals surface area contributed by atoms with Crippen molar-refractivity contribution in [2.45, 2.75) is 25.9 Å². The summed E-state index contributed by atoms with van der Waals surface area (Å²) in [5.74, 6) is -0.655. The summed E-state index contributed by atoms with van der Waals surface area (Å²) in [6.07, 6.45) is 3.34. The van der Waals surface area contributed by atoms with Crippen LogP contribution in [0.3, 0.4) is 0 Å². The third kappa shape index (κ3) is 1.99. The average Bonchev–Trinajstić information content (AvgIpc) is 2.99. The van der Waals surface area contributed by atoms with Crippen molar-refractivity contribution in [3.05, 3.63) is 35.7 Å². The molecule has 1 saturated heterocycles. The van der Waals surface area contributed by atoms with E-state index < -0.39 is 11.6 Å². The van der Waals surface area contributed by atoms with Crippen molar-refractivity contribution >= 4 is 0 Å². The zero-order valence-electron chi connectivity index (χ0n) is 10.3. The standard InChI is InChI=1S/C12H12F2N4O/c1-7-16-17-12(10-3-2-4-19-10)18(7)11-8(13)5-15-6-9(11)14/h5-6,10H,2-4H2,1H3/t10-/m0/s1. The summed E-state index contributed by atoms with van der Waals surface area (Å²) < 4.78 is 34.6. The molecule has 2 aromatic rings. The fraction of sp³-hybridized carbons (Fsp3) is 0.417. The van der Waals surface area contributed by atoms with Crippen LogP contribution in [0, 0.1) is 18.6 Å². The van der Waals surface area contributed by atoms with Gasteiger partial charge in [-0.1, -0.05) is 0 Å². The number of nitrogens with zero attached hydrogens (tertiary/aromatic N) is 4. The molecule has 2 aromatic heterocycles. The molecule has 1 fully saturated rings. The van der Waals surface area contributed by atoms with E-state index in [1.165, 1.54) is 4.57 Å². The summed E-state index contributed by atoms with van der Waals surface area (Å²) in [7, 11) is 0. The highest BCUT2D eigenvalue weighted by Gasteiger charge is 2.27. The van der Waals surface area contributed by atoms with E-state index in [4.69, 9.17) is 4.74 Å². The van der Waals surface area contributed by atoms with Crippen molar-refractivity contribution in [3.63, 3.8) is 0 Å². The third-order valence-corrected chi connectivity index (χ3v) is 3.12. The lowest BCUT2D eigenvalue weighted by Crippen LogP contribution is -2.11. The number of pyridine rings is 1. The minimum absolute atomic E-state index is 0.206. The van der Waals surface area contributed by atoms with E-state index in [1.807, 2.05) is 0 Å². The first kappa shape index (κ1) is 12.2. The Kier molecular flexibility index (Phi) is 2.98. The Balaban J connectivity index is 2.16. The lowest BCUT2D eigenvalue weighted by Gasteiger charge is -2.13. The van der Waals surface area contributed by atoms with E-state index in [-0.39, 0.29) is 11.8 Å². The molecule has 3 rings (SSSR count). The fourth-order valence-corrected chi connectivity index (χ4v) is 2.26. The maximum atomic E-state index is 13.8. The molecule has 3 heterocycles. The minimum Gasteiger partial charge on any atom is -0.370 e. The van der Waals surface area contributed by atoms with Crippen molar-refractivity contribution in [1.29, 1.82) is 0 Å². The molecular weight excluding hydrogens is 254 g/mol. The number of ether oxygens (including phenoxy) is 1. The summed E-state index contributed by atoms with van der Waals surface area (Å²) in [4.78, 5) is 3.48. The largest absolute Gasteiger partial charge is 0.370 e. The first-order valence-electron chi connectivity index (χ1n) is 6.01. The van der Waals surface area contributed by atoms with Crippen LogP contribution in [-0.2, 0) is 4.74 Å². The number of aromatic nitrogens is 4. The lowest BCUT2D eigenvalue weighted by molar-refractivity contribution is 0.103. The molecule has 7 heteroatoms. The van der Waals surface area contributed by atoms with E-state index in [9.17, 15) is 8.78 Å². The Hall–Kier alpha value is -1.89. The predicted octanol–water partition coefficient (Wildman–Crippen LogP) is 2.10. The van der Waals surface area contributed by atoms with E-state index in [1.54, 1.807) is 6.92 Å². The van der Waals surface area contributed by atoms with E-state index in [0.29, 0.717) is 18.3 Å². The Labute approximate surface area is 108 Å². The van der Waals surface area contributed by atoms with Crippen LogP contribution in [0.5, 0.6) is 0 Å². The molecule has 0 aromatic carbocycles. The van der Waals surface area contributed by atoms with Crippen LogP contribution in [0.2, 0.25) is 0 Å². The first-order valence-corrected chi connectivity index (χ1v) is 6.01. The molecule has 5 nitrogen and oxygen atoms in total. The Bertz CT molecular complexity index is 588. The molecule has 100 valence electrons. The molecule has 1 aliphatic heterocycles. The van der Waals surface area contributed by atoms with Crippen LogP contribution in [0.4, 0.5) is 8.78 Å². The van der Waals surface area contributed by atoms with Gasteiger partial charge in [-0.05, 0) is 19.8 Å². The zero-order chi connectivity index (χ0) is 13.4. The van der Waals surface area contributed by atoms with Crippen molar-refractivity contribution in [3.8, 4) is 5.69 Å². The van der Waals surface area contributed by atoms with Crippen LogP contribution < -0.4 is 0 Å². The third-order valence-electron chi connectivity index (χ3n) is 3.12. The van der Waals surface area contributed by atoms with Crippen LogP contribution in [0.25, 0.3) is 5.69 Å². The lowest BCUT2D eigenvalue weighted by atomic mass is 10.2. The van der Waals surface area contributed by atoms with Gasteiger partial charge in [0.15, 0.2) is 17.5 Å². The normalized spacial score (nSPS) is 19.0. The van der Waals surface area contributed by atoms with E-state index in [0.717, 1.165) is 25.2 Å². The molecule has 0 N–H and O–H groups in total. The van der Waals surface area contributed by atoms with E-state index in [2.05, 4.69) is 15.2 Å². The van der Waals surface area contributed by atoms with Gasteiger partial charge in [0, 0.05) is 6.61 Å². The second-order valence-corrected chi connectivity index (χ2v) is 4.39. The van der Waals surface area contributed by atoms with Crippen LogP contribution >= 0.6 is 0 Å². The fourth-order valence-electron chi connectivity index (χ4n) is 2.26. The monoisotopic (exact) mass is 266 g/mol. The summed E-state index contributed by atoms with van der Waals surface area (Å²) in [5.41, 5.74) is -0.206. The van der Waals surface area contributed by atoms with Crippen molar-refractivity contribution in [2.24, 2.45) is 0 Å². The van der Waals surface area contributed by atoms with Crippen molar-refractivity contribution < 1.29 is 13.5 Å². The van der Waals surface area contributed by atoms with Gasteiger partial charge in [-0.15, -0.1) is 10.2 Å². The maximum Gasteiger partial charge on any atom is 0.168 e. The Morgan fingerprint density at radius 1 is 1.26 bits per heavy atom. The molecule has 1 aliphatic rings.